The van der Waals surface area contributed by atoms with Gasteiger partial charge in [0.1, 0.15) is 0 Å². The summed E-state index contributed by atoms with van der Waals surface area (Å²) in [4.78, 5) is 28.1. The zero-order valence-electron chi connectivity index (χ0n) is 16.4. The number of fused-ring (bicyclic) bond motifs is 2. The van der Waals surface area contributed by atoms with E-state index in [0.717, 1.165) is 25.4 Å². The normalized spacial score (nSPS) is 22.9. The van der Waals surface area contributed by atoms with Crippen molar-refractivity contribution in [3.8, 4) is 0 Å². The van der Waals surface area contributed by atoms with Gasteiger partial charge in [0.2, 0.25) is 0 Å². The number of carbonyl (C=O) groups excluding carboxylic acids is 1. The van der Waals surface area contributed by atoms with E-state index in [4.69, 9.17) is 0 Å². The summed E-state index contributed by atoms with van der Waals surface area (Å²) in [7, 11) is 0. The summed E-state index contributed by atoms with van der Waals surface area (Å²) in [6.07, 6.45) is 6.26. The summed E-state index contributed by atoms with van der Waals surface area (Å²) in [5.41, 5.74) is 0.321. The number of benzene rings is 1. The van der Waals surface area contributed by atoms with Crippen LogP contribution in [0.4, 0.5) is 0 Å². The lowest BCUT2D eigenvalue weighted by atomic mass is 9.75. The molecular weight excluding hydrogens is 338 g/mol. The summed E-state index contributed by atoms with van der Waals surface area (Å²) in [6.45, 7) is 6.27. The van der Waals surface area contributed by atoms with Crippen molar-refractivity contribution in [1.29, 1.82) is 0 Å². The maximum atomic E-state index is 13.4. The van der Waals surface area contributed by atoms with Crippen LogP contribution in [0.3, 0.4) is 0 Å². The molecule has 1 aliphatic heterocycles. The smallest absolute Gasteiger partial charge is 0.274 e. The first-order valence-electron chi connectivity index (χ1n) is 10.3. The molecule has 2 atom stereocenters. The minimum Gasteiger partial charge on any atom is -0.337 e. The van der Waals surface area contributed by atoms with E-state index in [0.29, 0.717) is 28.9 Å². The lowest BCUT2D eigenvalue weighted by Crippen LogP contribution is -2.45. The number of piperidine rings is 1. The number of likely N-dealkylation sites (tertiary alicyclic amines) is 1. The van der Waals surface area contributed by atoms with Crippen LogP contribution >= 0.6 is 0 Å². The fourth-order valence-electron chi connectivity index (χ4n) is 4.80. The largest absolute Gasteiger partial charge is 0.337 e. The zero-order chi connectivity index (χ0) is 19.0. The lowest BCUT2D eigenvalue weighted by molar-refractivity contribution is 0.0515. The van der Waals surface area contributed by atoms with Crippen LogP contribution < -0.4 is 5.56 Å². The molecule has 2 aromatic rings. The molecule has 0 spiro atoms. The number of rotatable bonds is 3. The van der Waals surface area contributed by atoms with Crippen molar-refractivity contribution < 1.29 is 4.79 Å². The second-order valence-corrected chi connectivity index (χ2v) is 8.62. The minimum absolute atomic E-state index is 0.0206. The van der Waals surface area contributed by atoms with E-state index in [9.17, 15) is 9.59 Å². The van der Waals surface area contributed by atoms with Crippen LogP contribution in [0, 0.1) is 17.8 Å². The van der Waals surface area contributed by atoms with Gasteiger partial charge in [0, 0.05) is 25.0 Å². The van der Waals surface area contributed by atoms with Gasteiger partial charge in [-0.15, -0.1) is 0 Å². The molecule has 1 saturated heterocycles. The average molecular weight is 367 g/mol. The van der Waals surface area contributed by atoms with Gasteiger partial charge in [-0.1, -0.05) is 51.3 Å². The van der Waals surface area contributed by atoms with Crippen LogP contribution in [0.15, 0.2) is 29.1 Å². The topological polar surface area (TPSA) is 55.2 Å². The highest BCUT2D eigenvalue weighted by atomic mass is 16.2. The first kappa shape index (κ1) is 18.2. The fraction of sp³-hybridized carbons (Fsp3) is 0.591. The molecule has 144 valence electrons. The fourth-order valence-corrected chi connectivity index (χ4v) is 4.80. The molecular formula is C22H29N3O2. The van der Waals surface area contributed by atoms with Gasteiger partial charge in [-0.05, 0) is 36.7 Å². The van der Waals surface area contributed by atoms with Gasteiger partial charge in [0.05, 0.1) is 5.39 Å². The number of aromatic nitrogens is 2. The van der Waals surface area contributed by atoms with Crippen LogP contribution in [0.2, 0.25) is 0 Å². The van der Waals surface area contributed by atoms with E-state index in [2.05, 4.69) is 18.9 Å². The van der Waals surface area contributed by atoms with Gasteiger partial charge in [0.15, 0.2) is 5.69 Å². The van der Waals surface area contributed by atoms with Crippen molar-refractivity contribution >= 4 is 16.7 Å². The molecule has 1 aliphatic carbocycles. The third-order valence-corrected chi connectivity index (χ3v) is 6.19. The maximum Gasteiger partial charge on any atom is 0.274 e. The molecule has 4 rings (SSSR count). The Morgan fingerprint density at radius 2 is 1.81 bits per heavy atom. The molecule has 1 saturated carbocycles. The minimum atomic E-state index is -0.109. The van der Waals surface area contributed by atoms with E-state index in [1.165, 1.54) is 30.4 Å². The quantitative estimate of drug-likeness (QED) is 0.831. The first-order chi connectivity index (χ1) is 13.0. The molecule has 1 aromatic carbocycles. The molecule has 0 unspecified atom stereocenters. The van der Waals surface area contributed by atoms with Gasteiger partial charge in [-0.25, -0.2) is 4.68 Å². The molecule has 1 aromatic heterocycles. The molecule has 0 N–H and O–H groups in total. The highest BCUT2D eigenvalue weighted by Gasteiger charge is 2.34. The summed E-state index contributed by atoms with van der Waals surface area (Å²) >= 11 is 0. The molecule has 5 nitrogen and oxygen atoms in total. The maximum absolute atomic E-state index is 13.4. The SMILES string of the molecule is CC(C)Cn1nc(C(=O)N2CC[C@H]3CCCC[C@@H]3C2)c2ccccc2c1=O. The van der Waals surface area contributed by atoms with E-state index in [1.807, 2.05) is 23.1 Å². The van der Waals surface area contributed by atoms with Gasteiger partial charge >= 0.3 is 0 Å². The number of hydrogen-bond donors (Lipinski definition) is 0. The Morgan fingerprint density at radius 3 is 2.56 bits per heavy atom. The predicted octanol–water partition coefficient (Wildman–Crippen LogP) is 3.70. The van der Waals surface area contributed by atoms with E-state index >= 15 is 0 Å². The number of nitrogens with zero attached hydrogens (tertiary/aromatic N) is 3. The Balaban J connectivity index is 1.70. The molecule has 2 aliphatic rings. The van der Waals surface area contributed by atoms with Crippen molar-refractivity contribution in [3.63, 3.8) is 0 Å². The van der Waals surface area contributed by atoms with Gasteiger partial charge in [-0.2, -0.15) is 5.10 Å². The van der Waals surface area contributed by atoms with Crippen molar-refractivity contribution in [2.24, 2.45) is 17.8 Å². The van der Waals surface area contributed by atoms with E-state index in [-0.39, 0.29) is 17.4 Å². The summed E-state index contributed by atoms with van der Waals surface area (Å²) in [6, 6.07) is 7.38. The average Bonchev–Trinajstić information content (AvgIpc) is 2.69. The summed E-state index contributed by atoms with van der Waals surface area (Å²) in [5.74, 6) is 1.68. The molecule has 5 heteroatoms. The third-order valence-electron chi connectivity index (χ3n) is 6.19. The molecule has 1 amide bonds. The second kappa shape index (κ2) is 7.45. The molecule has 0 radical (unpaired) electrons. The van der Waals surface area contributed by atoms with Crippen LogP contribution in [0.25, 0.3) is 10.8 Å². The second-order valence-electron chi connectivity index (χ2n) is 8.62. The van der Waals surface area contributed by atoms with E-state index in [1.54, 1.807) is 6.07 Å². The summed E-state index contributed by atoms with van der Waals surface area (Å²) < 4.78 is 1.48. The van der Waals surface area contributed by atoms with Crippen LogP contribution in [0.5, 0.6) is 0 Å². The monoisotopic (exact) mass is 367 g/mol. The zero-order valence-corrected chi connectivity index (χ0v) is 16.4. The Labute approximate surface area is 160 Å². The Bertz CT molecular complexity index is 902. The van der Waals surface area contributed by atoms with Gasteiger partial charge in [-0.3, -0.25) is 9.59 Å². The highest BCUT2D eigenvalue weighted by molar-refractivity contribution is 6.04. The number of carbonyl (C=O) groups is 1. The Hall–Kier alpha value is -2.17. The van der Waals surface area contributed by atoms with Crippen LogP contribution in [-0.2, 0) is 6.54 Å². The van der Waals surface area contributed by atoms with Crippen molar-refractivity contribution in [2.45, 2.75) is 52.5 Å². The van der Waals surface area contributed by atoms with Crippen LogP contribution in [0.1, 0.15) is 56.4 Å². The van der Waals surface area contributed by atoms with E-state index < -0.39 is 0 Å². The van der Waals surface area contributed by atoms with Gasteiger partial charge in [0.25, 0.3) is 11.5 Å². The van der Waals surface area contributed by atoms with Crippen molar-refractivity contribution in [1.82, 2.24) is 14.7 Å². The number of hydrogen-bond acceptors (Lipinski definition) is 3. The predicted molar refractivity (Wildman–Crippen MR) is 107 cm³/mol. The Morgan fingerprint density at radius 1 is 1.11 bits per heavy atom. The highest BCUT2D eigenvalue weighted by Crippen LogP contribution is 2.36. The lowest BCUT2D eigenvalue weighted by Gasteiger charge is -2.41. The molecule has 27 heavy (non-hydrogen) atoms. The van der Waals surface area contributed by atoms with Crippen molar-refractivity contribution in [3.05, 3.63) is 40.3 Å². The van der Waals surface area contributed by atoms with Crippen molar-refractivity contribution in [2.75, 3.05) is 13.1 Å². The third kappa shape index (κ3) is 3.52. The summed E-state index contributed by atoms with van der Waals surface area (Å²) in [5, 5.41) is 5.80. The molecule has 0 bridgehead atoms. The molecule has 2 fully saturated rings. The molecule has 2 heterocycles. The van der Waals surface area contributed by atoms with Crippen LogP contribution in [-0.4, -0.2) is 33.7 Å². The number of amides is 1. The first-order valence-corrected chi connectivity index (χ1v) is 10.3. The van der Waals surface area contributed by atoms with Gasteiger partial charge < -0.3 is 4.90 Å². The standard InChI is InChI=1S/C22H29N3O2/c1-15(2)13-25-21(26)19-10-6-5-9-18(19)20(23-25)22(27)24-12-11-16-7-3-4-8-17(16)14-24/h5-6,9-10,15-17H,3-4,7-8,11-14H2,1-2H3/t16-,17-/m1/s1. The Kier molecular flexibility index (Phi) is 5.02.